The Balaban J connectivity index is 3.12. The average Bonchev–Trinajstić information content (AvgIpc) is 2.84. The summed E-state index contributed by atoms with van der Waals surface area (Å²) in [5, 5.41) is 35.4. The molecule has 0 aliphatic carbocycles. The third-order valence-electron chi connectivity index (χ3n) is 5.63. The molecular weight excluding hydrogens is 474 g/mol. The maximum Gasteiger partial charge on any atom is 0.326 e. The van der Waals surface area contributed by atoms with Gasteiger partial charge in [0, 0.05) is 12.8 Å². The van der Waals surface area contributed by atoms with Crippen molar-refractivity contribution in [2.24, 2.45) is 17.4 Å². The molecule has 0 aliphatic heterocycles. The molecule has 0 saturated heterocycles. The standard InChI is InChI=1S/C23H35N5O8/c1-3-12(2)19(22(34)26-16(23(35)36)8-9-18(25)31)28-21(33)17(27-20(32)15(24)11-29)10-13-4-6-14(30)7-5-13/h4-7,12,15-17,19,29-30H,3,8-11,24H2,1-2H3,(H2,25,31)(H,26,34)(H,27,32)(H,28,33)(H,35,36). The van der Waals surface area contributed by atoms with Gasteiger partial charge in [-0.05, 0) is 30.0 Å². The number of carbonyl (C=O) groups excluding carboxylic acids is 4. The molecule has 13 nitrogen and oxygen atoms in total. The summed E-state index contributed by atoms with van der Waals surface area (Å²) < 4.78 is 0. The average molecular weight is 510 g/mol. The number of carboxylic acids is 1. The van der Waals surface area contributed by atoms with Gasteiger partial charge in [-0.2, -0.15) is 0 Å². The number of nitrogens with two attached hydrogens (primary N) is 2. The highest BCUT2D eigenvalue weighted by Gasteiger charge is 2.33. The first kappa shape index (κ1) is 30.3. The lowest BCUT2D eigenvalue weighted by Crippen LogP contribution is -2.59. The number of nitrogens with one attached hydrogen (secondary N) is 3. The van der Waals surface area contributed by atoms with E-state index < -0.39 is 66.3 Å². The van der Waals surface area contributed by atoms with Gasteiger partial charge in [-0.15, -0.1) is 0 Å². The highest BCUT2D eigenvalue weighted by atomic mass is 16.4. The summed E-state index contributed by atoms with van der Waals surface area (Å²) in [5.41, 5.74) is 11.2. The first-order chi connectivity index (χ1) is 16.9. The molecule has 0 spiro atoms. The third kappa shape index (κ3) is 9.88. The van der Waals surface area contributed by atoms with Crippen LogP contribution in [0.5, 0.6) is 5.75 Å². The lowest BCUT2D eigenvalue weighted by atomic mass is 9.96. The van der Waals surface area contributed by atoms with Crippen LogP contribution in [0.1, 0.15) is 38.7 Å². The summed E-state index contributed by atoms with van der Waals surface area (Å²) in [6, 6.07) is 0.843. The monoisotopic (exact) mass is 509 g/mol. The lowest BCUT2D eigenvalue weighted by Gasteiger charge is -2.28. The smallest absolute Gasteiger partial charge is 0.326 e. The van der Waals surface area contributed by atoms with E-state index in [1.54, 1.807) is 26.0 Å². The second-order valence-corrected chi connectivity index (χ2v) is 8.50. The van der Waals surface area contributed by atoms with Crippen LogP contribution in [0.15, 0.2) is 24.3 Å². The van der Waals surface area contributed by atoms with Crippen LogP contribution in [0.3, 0.4) is 0 Å². The number of carboxylic acid groups (broad SMARTS) is 1. The van der Waals surface area contributed by atoms with Gasteiger partial charge in [-0.3, -0.25) is 19.2 Å². The van der Waals surface area contributed by atoms with E-state index in [9.17, 15) is 34.2 Å². The van der Waals surface area contributed by atoms with Crippen LogP contribution in [-0.2, 0) is 30.4 Å². The van der Waals surface area contributed by atoms with Crippen molar-refractivity contribution in [1.29, 1.82) is 0 Å². The van der Waals surface area contributed by atoms with Gasteiger partial charge in [-0.1, -0.05) is 32.4 Å². The number of benzene rings is 1. The summed E-state index contributed by atoms with van der Waals surface area (Å²) in [5.74, 6) is -4.83. The maximum atomic E-state index is 13.2. The van der Waals surface area contributed by atoms with Gasteiger partial charge in [0.1, 0.15) is 29.9 Å². The molecule has 0 aromatic heterocycles. The topological polar surface area (TPSA) is 234 Å². The molecule has 0 heterocycles. The second-order valence-electron chi connectivity index (χ2n) is 8.50. The Morgan fingerprint density at radius 2 is 1.53 bits per heavy atom. The number of aliphatic hydroxyl groups is 1. The van der Waals surface area contributed by atoms with Crippen LogP contribution in [0.4, 0.5) is 0 Å². The predicted octanol–water partition coefficient (Wildman–Crippen LogP) is -1.90. The number of rotatable bonds is 15. The van der Waals surface area contributed by atoms with E-state index in [4.69, 9.17) is 16.6 Å². The van der Waals surface area contributed by atoms with Crippen molar-refractivity contribution in [1.82, 2.24) is 16.0 Å². The van der Waals surface area contributed by atoms with Crippen molar-refractivity contribution >= 4 is 29.6 Å². The number of phenolic OH excluding ortho intramolecular Hbond substituents is 1. The molecule has 200 valence electrons. The molecule has 10 N–H and O–H groups in total. The van der Waals surface area contributed by atoms with Crippen LogP contribution < -0.4 is 27.4 Å². The Morgan fingerprint density at radius 3 is 2.03 bits per heavy atom. The van der Waals surface area contributed by atoms with Gasteiger partial charge in [0.05, 0.1) is 6.61 Å². The Labute approximate surface area is 208 Å². The lowest BCUT2D eigenvalue weighted by molar-refractivity contribution is -0.143. The fourth-order valence-corrected chi connectivity index (χ4v) is 3.20. The fourth-order valence-electron chi connectivity index (χ4n) is 3.20. The first-order valence-electron chi connectivity index (χ1n) is 11.5. The van der Waals surface area contributed by atoms with Gasteiger partial charge < -0.3 is 42.7 Å². The summed E-state index contributed by atoms with van der Waals surface area (Å²) in [7, 11) is 0. The van der Waals surface area contributed by atoms with E-state index in [-0.39, 0.29) is 25.0 Å². The highest BCUT2D eigenvalue weighted by molar-refractivity contribution is 5.94. The van der Waals surface area contributed by atoms with Gasteiger partial charge >= 0.3 is 5.97 Å². The molecule has 13 heteroatoms. The van der Waals surface area contributed by atoms with E-state index in [2.05, 4.69) is 16.0 Å². The molecule has 1 rings (SSSR count). The summed E-state index contributed by atoms with van der Waals surface area (Å²) in [6.45, 7) is 2.80. The Hall–Kier alpha value is -3.71. The van der Waals surface area contributed by atoms with Gasteiger partial charge in [0.2, 0.25) is 23.6 Å². The molecule has 5 unspecified atom stereocenters. The minimum absolute atomic E-state index is 0.00363. The van der Waals surface area contributed by atoms with Crippen LogP contribution in [-0.4, -0.2) is 75.7 Å². The van der Waals surface area contributed by atoms with E-state index in [1.807, 2.05) is 0 Å². The Morgan fingerprint density at radius 1 is 0.944 bits per heavy atom. The summed E-state index contributed by atoms with van der Waals surface area (Å²) >= 11 is 0. The van der Waals surface area contributed by atoms with Crippen molar-refractivity contribution in [3.63, 3.8) is 0 Å². The Bertz CT molecular complexity index is 924. The van der Waals surface area contributed by atoms with Crippen molar-refractivity contribution in [2.45, 2.75) is 63.7 Å². The quantitative estimate of drug-likeness (QED) is 0.132. The zero-order chi connectivity index (χ0) is 27.4. The van der Waals surface area contributed by atoms with E-state index >= 15 is 0 Å². The molecule has 4 amide bonds. The zero-order valence-electron chi connectivity index (χ0n) is 20.3. The largest absolute Gasteiger partial charge is 0.508 e. The first-order valence-corrected chi connectivity index (χ1v) is 11.5. The SMILES string of the molecule is CCC(C)C(NC(=O)C(Cc1ccc(O)cc1)NC(=O)C(N)CO)C(=O)NC(CCC(N)=O)C(=O)O. The number of aromatic hydroxyl groups is 1. The number of carbonyl (C=O) groups is 5. The van der Waals surface area contributed by atoms with Crippen molar-refractivity contribution < 1.29 is 39.3 Å². The maximum absolute atomic E-state index is 13.2. The predicted molar refractivity (Wildman–Crippen MR) is 128 cm³/mol. The Kier molecular flexibility index (Phi) is 12.3. The second kappa shape index (κ2) is 14.6. The molecule has 1 aromatic carbocycles. The van der Waals surface area contributed by atoms with Crippen LogP contribution >= 0.6 is 0 Å². The molecule has 1 aromatic rings. The number of hydrogen-bond donors (Lipinski definition) is 8. The van der Waals surface area contributed by atoms with E-state index in [0.29, 0.717) is 12.0 Å². The molecule has 0 bridgehead atoms. The van der Waals surface area contributed by atoms with Gasteiger partial charge in [0.25, 0.3) is 0 Å². The molecule has 0 radical (unpaired) electrons. The number of amides is 4. The zero-order valence-corrected chi connectivity index (χ0v) is 20.3. The normalized spacial score (nSPS) is 15.0. The molecule has 0 aliphatic rings. The third-order valence-corrected chi connectivity index (χ3v) is 5.63. The highest BCUT2D eigenvalue weighted by Crippen LogP contribution is 2.13. The van der Waals surface area contributed by atoms with Gasteiger partial charge in [0.15, 0.2) is 0 Å². The number of aliphatic carboxylic acids is 1. The number of primary amides is 1. The van der Waals surface area contributed by atoms with E-state index in [0.717, 1.165) is 0 Å². The molecule has 0 fully saturated rings. The molecule has 0 saturated carbocycles. The summed E-state index contributed by atoms with van der Waals surface area (Å²) in [4.78, 5) is 61.0. The fraction of sp³-hybridized carbons (Fsp3) is 0.522. The minimum Gasteiger partial charge on any atom is -0.508 e. The number of phenols is 1. The van der Waals surface area contributed by atoms with Crippen molar-refractivity contribution in [3.05, 3.63) is 29.8 Å². The van der Waals surface area contributed by atoms with Gasteiger partial charge in [-0.25, -0.2) is 4.79 Å². The number of aliphatic hydroxyl groups excluding tert-OH is 1. The molecular formula is C23H35N5O8. The minimum atomic E-state index is -1.40. The number of hydrogen-bond acceptors (Lipinski definition) is 8. The van der Waals surface area contributed by atoms with E-state index in [1.165, 1.54) is 12.1 Å². The van der Waals surface area contributed by atoms with Crippen molar-refractivity contribution in [2.75, 3.05) is 6.61 Å². The molecule has 36 heavy (non-hydrogen) atoms. The van der Waals surface area contributed by atoms with Crippen LogP contribution in [0, 0.1) is 5.92 Å². The molecule has 5 atom stereocenters. The van der Waals surface area contributed by atoms with Crippen molar-refractivity contribution in [3.8, 4) is 5.75 Å². The van der Waals surface area contributed by atoms with Crippen LogP contribution in [0.2, 0.25) is 0 Å². The summed E-state index contributed by atoms with van der Waals surface area (Å²) in [6.07, 6.45) is -0.0669. The van der Waals surface area contributed by atoms with Crippen LogP contribution in [0.25, 0.3) is 0 Å².